The number of carbonyl (C=O) groups is 1. The van der Waals surface area contributed by atoms with Crippen LogP contribution in [0.2, 0.25) is 0 Å². The maximum absolute atomic E-state index is 13.4. The van der Waals surface area contributed by atoms with E-state index in [0.717, 1.165) is 12.1 Å². The molecule has 2 heterocycles. The second-order valence-electron chi connectivity index (χ2n) is 5.32. The number of carbonyl (C=O) groups excluding carboxylic acids is 1. The third-order valence-electron chi connectivity index (χ3n) is 3.66. The van der Waals surface area contributed by atoms with Crippen molar-refractivity contribution in [1.29, 1.82) is 0 Å². The molecule has 128 valence electrons. The summed E-state index contributed by atoms with van der Waals surface area (Å²) in [5.41, 5.74) is -0.795. The molecule has 2 aromatic rings. The van der Waals surface area contributed by atoms with Gasteiger partial charge >= 0.3 is 0 Å². The number of hydrogen-bond acceptors (Lipinski definition) is 5. The molecule has 1 atom stereocenters. The van der Waals surface area contributed by atoms with Crippen LogP contribution in [0.3, 0.4) is 0 Å². The number of amides is 1. The Morgan fingerprint density at radius 3 is 2.88 bits per heavy atom. The first-order chi connectivity index (χ1) is 11.5. The SMILES string of the molecule is Cc1nc(C2CN(C(=O)c3ccc(F)c(C(F)F)c3)CCO2)no1. The van der Waals surface area contributed by atoms with Gasteiger partial charge in [0.25, 0.3) is 12.3 Å². The number of benzene rings is 1. The standard InChI is InChI=1S/C15H14F3N3O3/c1-8-19-14(20-24-8)12-7-21(4-5-23-12)15(22)9-2-3-11(16)10(6-9)13(17)18/h2-3,6,12-13H,4-5,7H2,1H3. The summed E-state index contributed by atoms with van der Waals surface area (Å²) in [6.07, 6.45) is -3.55. The lowest BCUT2D eigenvalue weighted by molar-refractivity contribution is -0.0276. The average molecular weight is 341 g/mol. The summed E-state index contributed by atoms with van der Waals surface area (Å²) in [4.78, 5) is 18.0. The van der Waals surface area contributed by atoms with Crippen molar-refractivity contribution in [3.8, 4) is 0 Å². The Balaban J connectivity index is 1.78. The van der Waals surface area contributed by atoms with E-state index in [4.69, 9.17) is 9.26 Å². The van der Waals surface area contributed by atoms with Gasteiger partial charge in [0.2, 0.25) is 11.7 Å². The number of halogens is 3. The molecule has 1 aromatic carbocycles. The number of aromatic nitrogens is 2. The highest BCUT2D eigenvalue weighted by Crippen LogP contribution is 2.25. The van der Waals surface area contributed by atoms with Crippen molar-refractivity contribution in [3.63, 3.8) is 0 Å². The number of alkyl halides is 2. The molecule has 1 aliphatic heterocycles. The van der Waals surface area contributed by atoms with Gasteiger partial charge in [-0.3, -0.25) is 4.79 Å². The number of morpholine rings is 1. The van der Waals surface area contributed by atoms with Gasteiger partial charge in [-0.1, -0.05) is 5.16 Å². The normalized spacial score (nSPS) is 18.2. The Labute approximate surface area is 135 Å². The largest absolute Gasteiger partial charge is 0.366 e. The van der Waals surface area contributed by atoms with E-state index in [9.17, 15) is 18.0 Å². The number of ether oxygens (including phenoxy) is 1. The zero-order valence-corrected chi connectivity index (χ0v) is 12.7. The molecule has 1 aromatic heterocycles. The van der Waals surface area contributed by atoms with Crippen molar-refractivity contribution in [2.45, 2.75) is 19.5 Å². The Bertz CT molecular complexity index is 751. The lowest BCUT2D eigenvalue weighted by atomic mass is 10.1. The van der Waals surface area contributed by atoms with Gasteiger partial charge in [0.15, 0.2) is 0 Å². The molecule has 0 N–H and O–H groups in total. The minimum absolute atomic E-state index is 0.00311. The van der Waals surface area contributed by atoms with Gasteiger partial charge in [0, 0.05) is 19.0 Å². The Morgan fingerprint density at radius 2 is 2.21 bits per heavy atom. The van der Waals surface area contributed by atoms with Crippen LogP contribution in [0.15, 0.2) is 22.7 Å². The van der Waals surface area contributed by atoms with Crippen molar-refractivity contribution in [1.82, 2.24) is 15.0 Å². The number of aryl methyl sites for hydroxylation is 1. The van der Waals surface area contributed by atoms with E-state index in [1.54, 1.807) is 6.92 Å². The topological polar surface area (TPSA) is 68.5 Å². The van der Waals surface area contributed by atoms with Crippen molar-refractivity contribution in [2.24, 2.45) is 0 Å². The summed E-state index contributed by atoms with van der Waals surface area (Å²) in [7, 11) is 0. The highest BCUT2D eigenvalue weighted by molar-refractivity contribution is 5.94. The molecule has 0 saturated carbocycles. The van der Waals surface area contributed by atoms with Gasteiger partial charge in [-0.05, 0) is 18.2 Å². The van der Waals surface area contributed by atoms with Crippen LogP contribution in [0.1, 0.15) is 40.2 Å². The molecule has 6 nitrogen and oxygen atoms in total. The average Bonchev–Trinajstić information content (AvgIpc) is 3.01. The maximum atomic E-state index is 13.4. The summed E-state index contributed by atoms with van der Waals surface area (Å²) < 4.78 is 49.3. The zero-order chi connectivity index (χ0) is 17.3. The van der Waals surface area contributed by atoms with Crippen LogP contribution in [0.25, 0.3) is 0 Å². The first-order valence-electron chi connectivity index (χ1n) is 7.24. The number of rotatable bonds is 3. The Morgan fingerprint density at radius 1 is 1.42 bits per heavy atom. The third-order valence-corrected chi connectivity index (χ3v) is 3.66. The molecule has 1 amide bonds. The van der Waals surface area contributed by atoms with Gasteiger partial charge in [0.1, 0.15) is 11.9 Å². The molecule has 24 heavy (non-hydrogen) atoms. The van der Waals surface area contributed by atoms with E-state index in [1.807, 2.05) is 0 Å². The van der Waals surface area contributed by atoms with Crippen molar-refractivity contribution < 1.29 is 27.2 Å². The van der Waals surface area contributed by atoms with E-state index >= 15 is 0 Å². The fraction of sp³-hybridized carbons (Fsp3) is 0.400. The molecule has 1 saturated heterocycles. The second-order valence-corrected chi connectivity index (χ2v) is 5.32. The van der Waals surface area contributed by atoms with Crippen LogP contribution >= 0.6 is 0 Å². The van der Waals surface area contributed by atoms with Crippen LogP contribution in [0, 0.1) is 12.7 Å². The van der Waals surface area contributed by atoms with E-state index in [2.05, 4.69) is 10.1 Å². The molecule has 0 radical (unpaired) electrons. The summed E-state index contributed by atoms with van der Waals surface area (Å²) in [6, 6.07) is 2.94. The van der Waals surface area contributed by atoms with E-state index in [0.29, 0.717) is 11.7 Å². The third kappa shape index (κ3) is 3.25. The summed E-state index contributed by atoms with van der Waals surface area (Å²) in [5.74, 6) is -0.830. The summed E-state index contributed by atoms with van der Waals surface area (Å²) in [6.45, 7) is 2.31. The molecule has 1 unspecified atom stereocenters. The number of nitrogens with zero attached hydrogens (tertiary/aromatic N) is 3. The lowest BCUT2D eigenvalue weighted by Crippen LogP contribution is -2.42. The fourth-order valence-electron chi connectivity index (χ4n) is 2.46. The van der Waals surface area contributed by atoms with E-state index in [-0.39, 0.29) is 25.3 Å². The van der Waals surface area contributed by atoms with Gasteiger partial charge in [-0.2, -0.15) is 4.98 Å². The summed E-state index contributed by atoms with van der Waals surface area (Å²) >= 11 is 0. The van der Waals surface area contributed by atoms with Crippen LogP contribution in [0.5, 0.6) is 0 Å². The molecule has 0 spiro atoms. The molecule has 3 rings (SSSR count). The van der Waals surface area contributed by atoms with Crippen molar-refractivity contribution >= 4 is 5.91 Å². The van der Waals surface area contributed by atoms with Crippen LogP contribution < -0.4 is 0 Å². The predicted octanol–water partition coefficient (Wildman–Crippen LogP) is 2.67. The van der Waals surface area contributed by atoms with Gasteiger partial charge in [-0.15, -0.1) is 0 Å². The smallest absolute Gasteiger partial charge is 0.266 e. The van der Waals surface area contributed by atoms with Crippen molar-refractivity contribution in [2.75, 3.05) is 19.7 Å². The first-order valence-corrected chi connectivity index (χ1v) is 7.24. The first kappa shape index (κ1) is 16.4. The Kier molecular flexibility index (Phi) is 4.52. The highest BCUT2D eigenvalue weighted by Gasteiger charge is 2.29. The quantitative estimate of drug-likeness (QED) is 0.858. The molecule has 1 aliphatic rings. The summed E-state index contributed by atoms with van der Waals surface area (Å²) in [5, 5.41) is 3.76. The van der Waals surface area contributed by atoms with Crippen LogP contribution in [-0.4, -0.2) is 40.6 Å². The molecular formula is C15H14F3N3O3. The van der Waals surface area contributed by atoms with Gasteiger partial charge in [-0.25, -0.2) is 13.2 Å². The van der Waals surface area contributed by atoms with Crippen molar-refractivity contribution in [3.05, 3.63) is 46.9 Å². The molecular weight excluding hydrogens is 327 g/mol. The van der Waals surface area contributed by atoms with Gasteiger partial charge < -0.3 is 14.2 Å². The van der Waals surface area contributed by atoms with Gasteiger partial charge in [0.05, 0.1) is 18.7 Å². The highest BCUT2D eigenvalue weighted by atomic mass is 19.3. The lowest BCUT2D eigenvalue weighted by Gasteiger charge is -2.31. The zero-order valence-electron chi connectivity index (χ0n) is 12.7. The van der Waals surface area contributed by atoms with E-state index in [1.165, 1.54) is 11.0 Å². The Hall–Kier alpha value is -2.42. The number of hydrogen-bond donors (Lipinski definition) is 0. The molecule has 9 heteroatoms. The second kappa shape index (κ2) is 6.60. The molecule has 1 fully saturated rings. The fourth-order valence-corrected chi connectivity index (χ4v) is 2.46. The molecule has 0 bridgehead atoms. The van der Waals surface area contributed by atoms with E-state index < -0.39 is 29.8 Å². The predicted molar refractivity (Wildman–Crippen MR) is 75.0 cm³/mol. The maximum Gasteiger partial charge on any atom is 0.266 e. The van der Waals surface area contributed by atoms with Crippen LogP contribution in [-0.2, 0) is 4.74 Å². The minimum atomic E-state index is -2.99. The minimum Gasteiger partial charge on any atom is -0.366 e. The van der Waals surface area contributed by atoms with Crippen LogP contribution in [0.4, 0.5) is 13.2 Å². The monoisotopic (exact) mass is 341 g/mol. The molecule has 0 aliphatic carbocycles.